The Morgan fingerprint density at radius 3 is 2.45 bits per heavy atom. The molecule has 1 saturated heterocycles. The van der Waals surface area contributed by atoms with Crippen LogP contribution in [0.25, 0.3) is 16.3 Å². The molecule has 4 rings (SSSR count). The van der Waals surface area contributed by atoms with Crippen LogP contribution in [0, 0.1) is 0 Å². The summed E-state index contributed by atoms with van der Waals surface area (Å²) >= 11 is 2.73. The van der Waals surface area contributed by atoms with Gasteiger partial charge in [0.25, 0.3) is 5.91 Å². The van der Waals surface area contributed by atoms with E-state index >= 15 is 0 Å². The van der Waals surface area contributed by atoms with Crippen LogP contribution in [-0.4, -0.2) is 37.4 Å². The molecule has 3 aromatic rings. The number of thiazole rings is 1. The number of nitrogens with zero attached hydrogens (tertiary/aromatic N) is 2. The summed E-state index contributed by atoms with van der Waals surface area (Å²) in [5.74, 6) is 1.32. The summed E-state index contributed by atoms with van der Waals surface area (Å²) in [6.07, 6.45) is 1.76. The molecule has 9 heteroatoms. The number of aliphatic imine (C=N–C) groups is 1. The van der Waals surface area contributed by atoms with Crippen molar-refractivity contribution in [2.75, 3.05) is 21.3 Å². The molecule has 0 spiro atoms. The first-order chi connectivity index (χ1) is 14.1. The maximum atomic E-state index is 12.4. The van der Waals surface area contributed by atoms with Gasteiger partial charge in [0.05, 0.1) is 36.5 Å². The second kappa shape index (κ2) is 8.14. The molecular weight excluding hydrogens is 410 g/mol. The smallest absolute Gasteiger partial charge is 0.264 e. The lowest BCUT2D eigenvalue weighted by molar-refractivity contribution is -0.115. The number of aromatic nitrogens is 1. The Bertz CT molecular complexity index is 1100. The van der Waals surface area contributed by atoms with Crippen molar-refractivity contribution in [2.24, 2.45) is 4.99 Å². The molecule has 29 heavy (non-hydrogen) atoms. The molecule has 2 aromatic carbocycles. The topological polar surface area (TPSA) is 82.0 Å². The SMILES string of the molecule is COc1cc(/C=C2\SC(=Nc3nc4ccccc4s3)NC2=O)cc(OC)c1OC. The molecule has 1 aliphatic rings. The minimum atomic E-state index is -0.219. The van der Waals surface area contributed by atoms with Crippen molar-refractivity contribution in [3.05, 3.63) is 46.9 Å². The minimum Gasteiger partial charge on any atom is -0.493 e. The van der Waals surface area contributed by atoms with Crippen molar-refractivity contribution in [3.63, 3.8) is 0 Å². The maximum Gasteiger partial charge on any atom is 0.264 e. The Balaban J connectivity index is 1.63. The van der Waals surface area contributed by atoms with Gasteiger partial charge in [-0.05, 0) is 47.7 Å². The number of amidine groups is 1. The summed E-state index contributed by atoms with van der Waals surface area (Å²) in [7, 11) is 4.64. The van der Waals surface area contributed by atoms with Crippen LogP contribution in [0.1, 0.15) is 5.56 Å². The highest BCUT2D eigenvalue weighted by Crippen LogP contribution is 2.39. The molecule has 0 unspecified atom stereocenters. The van der Waals surface area contributed by atoms with Gasteiger partial charge in [0.15, 0.2) is 16.7 Å². The number of carbonyl (C=O) groups excluding carboxylic acids is 1. The Morgan fingerprint density at radius 2 is 1.79 bits per heavy atom. The highest BCUT2D eigenvalue weighted by Gasteiger charge is 2.25. The van der Waals surface area contributed by atoms with E-state index in [4.69, 9.17) is 14.2 Å². The van der Waals surface area contributed by atoms with Crippen molar-refractivity contribution >= 4 is 55.6 Å². The van der Waals surface area contributed by atoms with E-state index in [1.165, 1.54) is 23.1 Å². The second-order valence-corrected chi connectivity index (χ2v) is 7.94. The van der Waals surface area contributed by atoms with Crippen LogP contribution in [0.3, 0.4) is 0 Å². The van der Waals surface area contributed by atoms with Gasteiger partial charge in [0.2, 0.25) is 10.9 Å². The zero-order chi connectivity index (χ0) is 20.4. The third kappa shape index (κ3) is 3.92. The fraction of sp³-hybridized carbons (Fsp3) is 0.150. The van der Waals surface area contributed by atoms with E-state index < -0.39 is 0 Å². The van der Waals surface area contributed by atoms with Crippen LogP contribution in [-0.2, 0) is 4.79 Å². The standard InChI is InChI=1S/C20H17N3O4S2/c1-25-13-8-11(9-14(26-2)17(13)27-3)10-16-18(24)22-20(29-16)23-19-21-12-6-4-5-7-15(12)28-19/h4-10H,1-3H3,(H,21,22,23,24)/b16-10-. The molecule has 1 aliphatic heterocycles. The average Bonchev–Trinajstić information content (AvgIpc) is 3.29. The molecule has 148 valence electrons. The van der Waals surface area contributed by atoms with Crippen LogP contribution < -0.4 is 19.5 Å². The zero-order valence-corrected chi connectivity index (χ0v) is 17.5. The van der Waals surface area contributed by atoms with Crippen molar-refractivity contribution in [1.82, 2.24) is 10.3 Å². The Morgan fingerprint density at radius 1 is 1.07 bits per heavy atom. The van der Waals surface area contributed by atoms with Gasteiger partial charge in [-0.25, -0.2) is 4.98 Å². The number of hydrogen-bond donors (Lipinski definition) is 1. The molecule has 0 bridgehead atoms. The Labute approximate surface area is 175 Å². The summed E-state index contributed by atoms with van der Waals surface area (Å²) < 4.78 is 17.1. The molecule has 1 fully saturated rings. The molecule has 0 aliphatic carbocycles. The monoisotopic (exact) mass is 427 g/mol. The summed E-state index contributed by atoms with van der Waals surface area (Å²) in [6, 6.07) is 11.4. The molecule has 0 radical (unpaired) electrons. The Hall–Kier alpha value is -3.04. The van der Waals surface area contributed by atoms with Crippen molar-refractivity contribution < 1.29 is 19.0 Å². The van der Waals surface area contributed by atoms with E-state index in [2.05, 4.69) is 15.3 Å². The predicted octanol–water partition coefficient (Wildman–Crippen LogP) is 4.21. The first kappa shape index (κ1) is 19.3. The number of amides is 1. The van der Waals surface area contributed by atoms with Crippen LogP contribution in [0.4, 0.5) is 5.13 Å². The van der Waals surface area contributed by atoms with Gasteiger partial charge in [-0.15, -0.1) is 0 Å². The van der Waals surface area contributed by atoms with E-state index in [1.54, 1.807) is 39.5 Å². The minimum absolute atomic E-state index is 0.219. The fourth-order valence-corrected chi connectivity index (χ4v) is 4.53. The summed E-state index contributed by atoms with van der Waals surface area (Å²) in [5.41, 5.74) is 1.64. The number of fused-ring (bicyclic) bond motifs is 1. The molecule has 1 N–H and O–H groups in total. The molecule has 1 amide bonds. The van der Waals surface area contributed by atoms with Gasteiger partial charge in [-0.2, -0.15) is 4.99 Å². The van der Waals surface area contributed by atoms with Gasteiger partial charge in [-0.3, -0.25) is 4.79 Å². The number of para-hydroxylation sites is 1. The second-order valence-electron chi connectivity index (χ2n) is 5.90. The number of thioether (sulfide) groups is 1. The van der Waals surface area contributed by atoms with Crippen LogP contribution in [0.2, 0.25) is 0 Å². The van der Waals surface area contributed by atoms with Crippen LogP contribution >= 0.6 is 23.1 Å². The quantitative estimate of drug-likeness (QED) is 0.614. The summed E-state index contributed by atoms with van der Waals surface area (Å²) in [5, 5.41) is 3.88. The lowest BCUT2D eigenvalue weighted by Crippen LogP contribution is -2.19. The fourth-order valence-electron chi connectivity index (χ4n) is 2.81. The number of rotatable bonds is 5. The zero-order valence-electron chi connectivity index (χ0n) is 15.9. The number of methoxy groups -OCH3 is 3. The molecule has 0 atom stereocenters. The molecular formula is C20H17N3O4S2. The molecule has 2 heterocycles. The largest absolute Gasteiger partial charge is 0.493 e. The van der Waals surface area contributed by atoms with E-state index in [1.807, 2.05) is 24.3 Å². The van der Waals surface area contributed by atoms with Crippen molar-refractivity contribution in [3.8, 4) is 17.2 Å². The third-order valence-corrected chi connectivity index (χ3v) is 5.96. The lowest BCUT2D eigenvalue weighted by Gasteiger charge is -2.12. The van der Waals surface area contributed by atoms with Gasteiger partial charge in [-0.1, -0.05) is 23.5 Å². The van der Waals surface area contributed by atoms with E-state index in [0.717, 1.165) is 15.8 Å². The number of nitrogens with one attached hydrogen (secondary N) is 1. The highest BCUT2D eigenvalue weighted by atomic mass is 32.2. The number of ether oxygens (including phenoxy) is 3. The van der Waals surface area contributed by atoms with Crippen LogP contribution in [0.15, 0.2) is 46.3 Å². The maximum absolute atomic E-state index is 12.4. The number of hydrogen-bond acceptors (Lipinski definition) is 8. The molecule has 7 nitrogen and oxygen atoms in total. The predicted molar refractivity (Wildman–Crippen MR) is 117 cm³/mol. The van der Waals surface area contributed by atoms with E-state index in [9.17, 15) is 4.79 Å². The highest BCUT2D eigenvalue weighted by molar-refractivity contribution is 8.18. The van der Waals surface area contributed by atoms with Gasteiger partial charge in [0, 0.05) is 0 Å². The summed E-state index contributed by atoms with van der Waals surface area (Å²) in [6.45, 7) is 0. The van der Waals surface area contributed by atoms with Crippen molar-refractivity contribution in [2.45, 2.75) is 0 Å². The van der Waals surface area contributed by atoms with Gasteiger partial charge < -0.3 is 19.5 Å². The van der Waals surface area contributed by atoms with E-state index in [0.29, 0.717) is 32.5 Å². The molecule has 0 saturated carbocycles. The average molecular weight is 428 g/mol. The first-order valence-electron chi connectivity index (χ1n) is 8.56. The first-order valence-corrected chi connectivity index (χ1v) is 10.2. The van der Waals surface area contributed by atoms with Crippen LogP contribution in [0.5, 0.6) is 17.2 Å². The number of benzene rings is 2. The third-order valence-electron chi connectivity index (χ3n) is 4.12. The van der Waals surface area contributed by atoms with Crippen molar-refractivity contribution in [1.29, 1.82) is 0 Å². The normalized spacial score (nSPS) is 16.4. The molecule has 1 aromatic heterocycles. The number of carbonyl (C=O) groups is 1. The Kier molecular flexibility index (Phi) is 5.41. The van der Waals surface area contributed by atoms with Gasteiger partial charge >= 0.3 is 0 Å². The summed E-state index contributed by atoms with van der Waals surface area (Å²) in [4.78, 5) is 21.9. The lowest BCUT2D eigenvalue weighted by atomic mass is 10.1. The van der Waals surface area contributed by atoms with Gasteiger partial charge in [0.1, 0.15) is 0 Å². The van der Waals surface area contributed by atoms with E-state index in [-0.39, 0.29) is 5.91 Å².